The molecule has 0 spiro atoms. The fourth-order valence-corrected chi connectivity index (χ4v) is 2.53. The number of amides is 1. The van der Waals surface area contributed by atoms with Crippen LogP contribution in [-0.2, 0) is 16.1 Å². The number of hydrogen-bond donors (Lipinski definition) is 1. The van der Waals surface area contributed by atoms with E-state index in [4.69, 9.17) is 4.74 Å². The fraction of sp³-hybridized carbons (Fsp3) is 0.0909. The summed E-state index contributed by atoms with van der Waals surface area (Å²) in [7, 11) is 0. The third-order valence-electron chi connectivity index (χ3n) is 3.79. The van der Waals surface area contributed by atoms with Gasteiger partial charge in [0, 0.05) is 16.8 Å². The van der Waals surface area contributed by atoms with Crippen molar-refractivity contribution in [3.63, 3.8) is 0 Å². The smallest absolute Gasteiger partial charge is 0.250 e. The Hall–Kier alpha value is -3.24. The van der Waals surface area contributed by atoms with Gasteiger partial charge in [-0.15, -0.1) is 0 Å². The molecule has 0 atom stereocenters. The number of rotatable bonds is 7. The van der Waals surface area contributed by atoms with Gasteiger partial charge in [0.25, 0.3) is 0 Å². The number of carbonyl (C=O) groups is 2. The lowest BCUT2D eigenvalue weighted by Crippen LogP contribution is -2.18. The van der Waals surface area contributed by atoms with Crippen LogP contribution in [0.4, 0.5) is 5.69 Å². The summed E-state index contributed by atoms with van der Waals surface area (Å²) in [5, 5.41) is 2.76. The molecule has 3 rings (SSSR count). The van der Waals surface area contributed by atoms with Crippen LogP contribution in [-0.4, -0.2) is 18.3 Å². The van der Waals surface area contributed by atoms with E-state index in [2.05, 4.69) is 5.32 Å². The second kappa shape index (κ2) is 8.74. The number of ether oxygens (including phenoxy) is 1. The molecular weight excluding hydrogens is 326 g/mol. The van der Waals surface area contributed by atoms with Gasteiger partial charge in [0.1, 0.15) is 6.61 Å². The van der Waals surface area contributed by atoms with Crippen LogP contribution >= 0.6 is 0 Å². The number of carbonyl (C=O) groups excluding carboxylic acids is 2. The highest BCUT2D eigenvalue weighted by molar-refractivity contribution is 6.09. The molecule has 0 aliphatic rings. The van der Waals surface area contributed by atoms with Gasteiger partial charge in [0.15, 0.2) is 5.78 Å². The summed E-state index contributed by atoms with van der Waals surface area (Å²) in [5.41, 5.74) is 2.72. The number of hydrogen-bond acceptors (Lipinski definition) is 3. The quantitative estimate of drug-likeness (QED) is 0.657. The topological polar surface area (TPSA) is 55.4 Å². The molecule has 26 heavy (non-hydrogen) atoms. The van der Waals surface area contributed by atoms with Crippen molar-refractivity contribution in [3.05, 3.63) is 102 Å². The molecule has 3 aromatic rings. The Morgan fingerprint density at radius 2 is 1.42 bits per heavy atom. The zero-order valence-corrected chi connectivity index (χ0v) is 14.2. The van der Waals surface area contributed by atoms with E-state index in [9.17, 15) is 9.59 Å². The van der Waals surface area contributed by atoms with Gasteiger partial charge in [-0.25, -0.2) is 0 Å². The van der Waals surface area contributed by atoms with Crippen LogP contribution in [0.2, 0.25) is 0 Å². The first-order valence-corrected chi connectivity index (χ1v) is 8.34. The van der Waals surface area contributed by atoms with Crippen molar-refractivity contribution in [1.29, 1.82) is 0 Å². The lowest BCUT2D eigenvalue weighted by atomic mass is 10.0. The van der Waals surface area contributed by atoms with E-state index >= 15 is 0 Å². The van der Waals surface area contributed by atoms with Gasteiger partial charge >= 0.3 is 0 Å². The van der Waals surface area contributed by atoms with E-state index in [0.717, 1.165) is 5.56 Å². The molecule has 0 unspecified atom stereocenters. The van der Waals surface area contributed by atoms with Crippen molar-refractivity contribution in [1.82, 2.24) is 0 Å². The minimum absolute atomic E-state index is 0.0498. The van der Waals surface area contributed by atoms with Crippen LogP contribution in [0.3, 0.4) is 0 Å². The fourth-order valence-electron chi connectivity index (χ4n) is 2.53. The monoisotopic (exact) mass is 345 g/mol. The Kier molecular flexibility index (Phi) is 5.91. The van der Waals surface area contributed by atoms with Crippen LogP contribution in [0.15, 0.2) is 84.9 Å². The third-order valence-corrected chi connectivity index (χ3v) is 3.79. The number of ketones is 1. The average Bonchev–Trinajstić information content (AvgIpc) is 2.69. The Bertz CT molecular complexity index is 876. The van der Waals surface area contributed by atoms with Gasteiger partial charge in [-0.05, 0) is 17.7 Å². The van der Waals surface area contributed by atoms with Crippen LogP contribution in [0.25, 0.3) is 0 Å². The molecule has 3 aromatic carbocycles. The second-order valence-corrected chi connectivity index (χ2v) is 5.80. The molecule has 0 fully saturated rings. The van der Waals surface area contributed by atoms with Gasteiger partial charge in [0.2, 0.25) is 5.91 Å². The lowest BCUT2D eigenvalue weighted by Gasteiger charge is -2.08. The molecule has 0 aromatic heterocycles. The predicted octanol–water partition coefficient (Wildman–Crippen LogP) is 4.07. The summed E-state index contributed by atoms with van der Waals surface area (Å²) in [6.45, 7) is 0.326. The van der Waals surface area contributed by atoms with Gasteiger partial charge in [-0.3, -0.25) is 9.59 Å². The lowest BCUT2D eigenvalue weighted by molar-refractivity contribution is -0.121. The molecule has 0 aliphatic carbocycles. The number of anilines is 1. The molecule has 0 heterocycles. The zero-order chi connectivity index (χ0) is 18.2. The standard InChI is InChI=1S/C22H19NO3/c24-21(16-26-15-17-8-3-1-4-9-17)23-20-13-7-12-19(14-20)22(25)18-10-5-2-6-11-18/h1-14H,15-16H2,(H,23,24). The molecule has 0 saturated carbocycles. The highest BCUT2D eigenvalue weighted by Crippen LogP contribution is 2.15. The van der Waals surface area contributed by atoms with Gasteiger partial charge in [0.05, 0.1) is 6.61 Å². The van der Waals surface area contributed by atoms with Crippen molar-refractivity contribution in [2.45, 2.75) is 6.61 Å². The molecule has 4 heteroatoms. The maximum atomic E-state index is 12.5. The van der Waals surface area contributed by atoms with Gasteiger partial charge in [-0.1, -0.05) is 72.8 Å². The second-order valence-electron chi connectivity index (χ2n) is 5.80. The van der Waals surface area contributed by atoms with E-state index in [0.29, 0.717) is 23.4 Å². The molecule has 1 amide bonds. The summed E-state index contributed by atoms with van der Waals surface area (Å²) in [5.74, 6) is -0.340. The van der Waals surface area contributed by atoms with Crippen LogP contribution in [0.1, 0.15) is 21.5 Å². The molecule has 0 bridgehead atoms. The van der Waals surface area contributed by atoms with E-state index in [-0.39, 0.29) is 18.3 Å². The largest absolute Gasteiger partial charge is 0.367 e. The zero-order valence-electron chi connectivity index (χ0n) is 14.2. The minimum atomic E-state index is -0.259. The molecule has 4 nitrogen and oxygen atoms in total. The molecular formula is C22H19NO3. The normalized spacial score (nSPS) is 10.3. The van der Waals surface area contributed by atoms with Crippen molar-refractivity contribution < 1.29 is 14.3 Å². The molecule has 0 radical (unpaired) electrons. The van der Waals surface area contributed by atoms with E-state index < -0.39 is 0 Å². The minimum Gasteiger partial charge on any atom is -0.367 e. The van der Waals surface area contributed by atoms with Gasteiger partial charge in [-0.2, -0.15) is 0 Å². The summed E-state index contributed by atoms with van der Waals surface area (Å²) in [6.07, 6.45) is 0. The Morgan fingerprint density at radius 1 is 0.769 bits per heavy atom. The van der Waals surface area contributed by atoms with E-state index in [1.165, 1.54) is 0 Å². The summed E-state index contributed by atoms with van der Waals surface area (Å²) >= 11 is 0. The van der Waals surface area contributed by atoms with E-state index in [1.807, 2.05) is 48.5 Å². The SMILES string of the molecule is O=C(COCc1ccccc1)Nc1cccc(C(=O)c2ccccc2)c1. The van der Waals surface area contributed by atoms with Crippen molar-refractivity contribution in [3.8, 4) is 0 Å². The molecule has 130 valence electrons. The Labute approximate surface area is 152 Å². The summed E-state index contributed by atoms with van der Waals surface area (Å²) in [6, 6.07) is 25.6. The first-order chi connectivity index (χ1) is 12.7. The van der Waals surface area contributed by atoms with E-state index in [1.54, 1.807) is 36.4 Å². The van der Waals surface area contributed by atoms with Crippen molar-refractivity contribution >= 4 is 17.4 Å². The van der Waals surface area contributed by atoms with Crippen molar-refractivity contribution in [2.24, 2.45) is 0 Å². The predicted molar refractivity (Wildman–Crippen MR) is 101 cm³/mol. The molecule has 1 N–H and O–H groups in total. The highest BCUT2D eigenvalue weighted by atomic mass is 16.5. The average molecular weight is 345 g/mol. The Morgan fingerprint density at radius 3 is 2.15 bits per heavy atom. The van der Waals surface area contributed by atoms with Crippen LogP contribution in [0.5, 0.6) is 0 Å². The number of nitrogens with one attached hydrogen (secondary N) is 1. The number of benzene rings is 3. The summed E-state index contributed by atoms with van der Waals surface area (Å²) < 4.78 is 5.42. The van der Waals surface area contributed by atoms with Gasteiger partial charge < -0.3 is 10.1 Å². The highest BCUT2D eigenvalue weighted by Gasteiger charge is 2.10. The Balaban J connectivity index is 1.56. The maximum absolute atomic E-state index is 12.5. The maximum Gasteiger partial charge on any atom is 0.250 e. The van der Waals surface area contributed by atoms with Crippen molar-refractivity contribution in [2.75, 3.05) is 11.9 Å². The summed E-state index contributed by atoms with van der Waals surface area (Å²) in [4.78, 5) is 24.5. The first-order valence-electron chi connectivity index (χ1n) is 8.34. The molecule has 0 aliphatic heterocycles. The first kappa shape index (κ1) is 17.6. The van der Waals surface area contributed by atoms with Crippen LogP contribution in [0, 0.1) is 0 Å². The third kappa shape index (κ3) is 4.88. The van der Waals surface area contributed by atoms with Crippen LogP contribution < -0.4 is 5.32 Å². The molecule has 0 saturated heterocycles.